The standard InChI is InChI=1S/C25H33N3O2S/c1-19-4-2-3-13-27(19)17-21-7-5-20(6-8-21)16-26-24(29)9-10-25(30)28-14-11-23-22(18-28)12-15-31-23/h5-8,12,15,19H,2-4,9-11,13-14,16-18H2,1H3,(H,26,29). The van der Waals surface area contributed by atoms with Gasteiger partial charge in [0.15, 0.2) is 0 Å². The Morgan fingerprint density at radius 1 is 1.06 bits per heavy atom. The minimum atomic E-state index is -0.0622. The van der Waals surface area contributed by atoms with Crippen molar-refractivity contribution < 1.29 is 9.59 Å². The number of carbonyl (C=O) groups is 2. The zero-order valence-corrected chi connectivity index (χ0v) is 19.3. The Morgan fingerprint density at radius 2 is 1.87 bits per heavy atom. The molecule has 0 bridgehead atoms. The maximum atomic E-state index is 12.5. The molecular weight excluding hydrogens is 406 g/mol. The van der Waals surface area contributed by atoms with Gasteiger partial charge in [-0.2, -0.15) is 0 Å². The van der Waals surface area contributed by atoms with Crippen LogP contribution in [0.25, 0.3) is 0 Å². The lowest BCUT2D eigenvalue weighted by molar-refractivity contribution is -0.134. The summed E-state index contributed by atoms with van der Waals surface area (Å²) in [5.41, 5.74) is 3.67. The lowest BCUT2D eigenvalue weighted by Crippen LogP contribution is -2.36. The predicted molar refractivity (Wildman–Crippen MR) is 125 cm³/mol. The minimum Gasteiger partial charge on any atom is -0.352 e. The summed E-state index contributed by atoms with van der Waals surface area (Å²) in [5.74, 6) is 0.0103. The van der Waals surface area contributed by atoms with Gasteiger partial charge in [-0.3, -0.25) is 14.5 Å². The fourth-order valence-electron chi connectivity index (χ4n) is 4.52. The molecular formula is C25H33N3O2S. The summed E-state index contributed by atoms with van der Waals surface area (Å²) in [5, 5.41) is 5.05. The van der Waals surface area contributed by atoms with Crippen LogP contribution in [-0.2, 0) is 35.6 Å². The highest BCUT2D eigenvalue weighted by Crippen LogP contribution is 2.24. The van der Waals surface area contributed by atoms with Crippen LogP contribution in [0.4, 0.5) is 0 Å². The molecule has 5 nitrogen and oxygen atoms in total. The van der Waals surface area contributed by atoms with E-state index < -0.39 is 0 Å². The van der Waals surface area contributed by atoms with Crippen LogP contribution in [-0.4, -0.2) is 40.7 Å². The average Bonchev–Trinajstić information content (AvgIpc) is 3.26. The van der Waals surface area contributed by atoms with Gasteiger partial charge in [0.1, 0.15) is 0 Å². The van der Waals surface area contributed by atoms with E-state index in [9.17, 15) is 9.59 Å². The van der Waals surface area contributed by atoms with E-state index in [1.807, 2.05) is 4.90 Å². The number of hydrogen-bond donors (Lipinski definition) is 1. The molecule has 3 heterocycles. The van der Waals surface area contributed by atoms with E-state index in [4.69, 9.17) is 0 Å². The first kappa shape index (κ1) is 22.0. The van der Waals surface area contributed by atoms with Crippen molar-refractivity contribution in [3.05, 3.63) is 57.3 Å². The Bertz CT molecular complexity index is 892. The number of amides is 2. The quantitative estimate of drug-likeness (QED) is 0.707. The van der Waals surface area contributed by atoms with E-state index in [-0.39, 0.29) is 24.7 Å². The number of thiophene rings is 1. The Labute approximate surface area is 189 Å². The van der Waals surface area contributed by atoms with E-state index in [0.717, 1.165) is 25.1 Å². The van der Waals surface area contributed by atoms with Crippen molar-refractivity contribution in [3.8, 4) is 0 Å². The van der Waals surface area contributed by atoms with Crippen LogP contribution >= 0.6 is 11.3 Å². The molecule has 0 radical (unpaired) electrons. The molecule has 1 aromatic carbocycles. The molecule has 1 aromatic heterocycles. The topological polar surface area (TPSA) is 52.7 Å². The lowest BCUT2D eigenvalue weighted by atomic mass is 10.0. The molecule has 2 amide bonds. The molecule has 2 aromatic rings. The highest BCUT2D eigenvalue weighted by Gasteiger charge is 2.22. The van der Waals surface area contributed by atoms with Gasteiger partial charge in [0, 0.05) is 49.9 Å². The van der Waals surface area contributed by atoms with Gasteiger partial charge in [0.25, 0.3) is 0 Å². The number of likely N-dealkylation sites (tertiary alicyclic amines) is 1. The van der Waals surface area contributed by atoms with E-state index >= 15 is 0 Å². The summed E-state index contributed by atoms with van der Waals surface area (Å²) >= 11 is 1.77. The summed E-state index contributed by atoms with van der Waals surface area (Å²) in [6.45, 7) is 6.45. The van der Waals surface area contributed by atoms with Crippen molar-refractivity contribution in [3.63, 3.8) is 0 Å². The van der Waals surface area contributed by atoms with Crippen molar-refractivity contribution in [2.75, 3.05) is 13.1 Å². The molecule has 6 heteroatoms. The summed E-state index contributed by atoms with van der Waals surface area (Å²) in [6.07, 6.45) is 5.38. The molecule has 1 unspecified atom stereocenters. The van der Waals surface area contributed by atoms with Crippen LogP contribution in [0.5, 0.6) is 0 Å². The van der Waals surface area contributed by atoms with Crippen LogP contribution in [0.15, 0.2) is 35.7 Å². The molecule has 166 valence electrons. The van der Waals surface area contributed by atoms with Gasteiger partial charge in [-0.15, -0.1) is 11.3 Å². The number of nitrogens with zero attached hydrogens (tertiary/aromatic N) is 2. The Hall–Kier alpha value is -2.18. The molecule has 1 saturated heterocycles. The second-order valence-electron chi connectivity index (χ2n) is 8.84. The van der Waals surface area contributed by atoms with Crippen LogP contribution < -0.4 is 5.32 Å². The maximum Gasteiger partial charge on any atom is 0.223 e. The fraction of sp³-hybridized carbons (Fsp3) is 0.520. The number of carbonyl (C=O) groups excluding carboxylic acids is 2. The summed E-state index contributed by atoms with van der Waals surface area (Å²) in [4.78, 5) is 30.5. The maximum absolute atomic E-state index is 12.5. The average molecular weight is 440 g/mol. The van der Waals surface area contributed by atoms with Crippen LogP contribution in [0.1, 0.15) is 60.6 Å². The highest BCUT2D eigenvalue weighted by molar-refractivity contribution is 7.10. The van der Waals surface area contributed by atoms with Gasteiger partial charge in [0.05, 0.1) is 0 Å². The third-order valence-corrected chi connectivity index (χ3v) is 7.59. The Kier molecular flexibility index (Phi) is 7.41. The highest BCUT2D eigenvalue weighted by atomic mass is 32.1. The molecule has 0 spiro atoms. The van der Waals surface area contributed by atoms with Crippen molar-refractivity contribution in [2.24, 2.45) is 0 Å². The number of hydrogen-bond acceptors (Lipinski definition) is 4. The van der Waals surface area contributed by atoms with E-state index in [2.05, 4.69) is 52.9 Å². The van der Waals surface area contributed by atoms with Crippen LogP contribution in [0, 0.1) is 0 Å². The third-order valence-electron chi connectivity index (χ3n) is 6.57. The van der Waals surface area contributed by atoms with Gasteiger partial charge in [-0.1, -0.05) is 30.7 Å². The molecule has 1 atom stereocenters. The summed E-state index contributed by atoms with van der Waals surface area (Å²) in [7, 11) is 0. The minimum absolute atomic E-state index is 0.0622. The molecule has 0 aliphatic carbocycles. The summed E-state index contributed by atoms with van der Waals surface area (Å²) < 4.78 is 0. The first-order valence-corrected chi connectivity index (χ1v) is 12.4. The van der Waals surface area contributed by atoms with Crippen molar-refractivity contribution in [1.82, 2.24) is 15.1 Å². The summed E-state index contributed by atoms with van der Waals surface area (Å²) in [6, 6.07) is 11.3. The molecule has 2 aliphatic rings. The van der Waals surface area contributed by atoms with Crippen molar-refractivity contribution in [1.29, 1.82) is 0 Å². The Morgan fingerprint density at radius 3 is 2.68 bits per heavy atom. The number of rotatable bonds is 7. The predicted octanol–water partition coefficient (Wildman–Crippen LogP) is 4.10. The molecule has 0 saturated carbocycles. The molecule has 2 aliphatic heterocycles. The second kappa shape index (κ2) is 10.4. The molecule has 1 fully saturated rings. The van der Waals surface area contributed by atoms with Crippen LogP contribution in [0.3, 0.4) is 0 Å². The normalized spacial score (nSPS) is 19.1. The zero-order valence-electron chi connectivity index (χ0n) is 18.4. The largest absolute Gasteiger partial charge is 0.352 e. The van der Waals surface area contributed by atoms with Crippen molar-refractivity contribution >= 4 is 23.2 Å². The SMILES string of the molecule is CC1CCCCN1Cc1ccc(CNC(=O)CCC(=O)N2CCc3sccc3C2)cc1. The number of nitrogens with one attached hydrogen (secondary N) is 1. The first-order chi connectivity index (χ1) is 15.1. The van der Waals surface area contributed by atoms with Gasteiger partial charge in [-0.25, -0.2) is 0 Å². The zero-order chi connectivity index (χ0) is 21.6. The molecule has 4 rings (SSSR count). The number of piperidine rings is 1. The first-order valence-electron chi connectivity index (χ1n) is 11.5. The smallest absolute Gasteiger partial charge is 0.223 e. The van der Waals surface area contributed by atoms with E-state index in [0.29, 0.717) is 19.1 Å². The van der Waals surface area contributed by atoms with E-state index in [1.165, 1.54) is 41.8 Å². The molecule has 31 heavy (non-hydrogen) atoms. The monoisotopic (exact) mass is 439 g/mol. The van der Waals surface area contributed by atoms with Gasteiger partial charge >= 0.3 is 0 Å². The molecule has 1 N–H and O–H groups in total. The van der Waals surface area contributed by atoms with Crippen molar-refractivity contribution in [2.45, 2.75) is 71.1 Å². The fourth-order valence-corrected chi connectivity index (χ4v) is 5.41. The lowest BCUT2D eigenvalue weighted by Gasteiger charge is -2.33. The second-order valence-corrected chi connectivity index (χ2v) is 9.84. The van der Waals surface area contributed by atoms with Gasteiger partial charge in [0.2, 0.25) is 11.8 Å². The number of benzene rings is 1. The van der Waals surface area contributed by atoms with Crippen LogP contribution in [0.2, 0.25) is 0 Å². The van der Waals surface area contributed by atoms with Gasteiger partial charge in [-0.05, 0) is 60.9 Å². The Balaban J connectivity index is 1.17. The van der Waals surface area contributed by atoms with E-state index in [1.54, 1.807) is 11.3 Å². The number of fused-ring (bicyclic) bond motifs is 1. The van der Waals surface area contributed by atoms with Gasteiger partial charge < -0.3 is 10.2 Å². The third kappa shape index (κ3) is 5.95.